The fraction of sp³-hybridized carbons (Fsp3) is 0.500. The van der Waals surface area contributed by atoms with Gasteiger partial charge in [-0.25, -0.2) is 8.78 Å². The number of carbonyl (C=O) groups excluding carboxylic acids is 1. The maximum absolute atomic E-state index is 13.4. The third-order valence-corrected chi connectivity index (χ3v) is 2.94. The van der Waals surface area contributed by atoms with Gasteiger partial charge in [-0.1, -0.05) is 19.9 Å². The molecule has 0 saturated heterocycles. The van der Waals surface area contributed by atoms with E-state index in [0.717, 1.165) is 12.5 Å². The molecule has 19 heavy (non-hydrogen) atoms. The van der Waals surface area contributed by atoms with Crippen molar-refractivity contribution in [3.8, 4) is 0 Å². The Morgan fingerprint density at radius 3 is 2.68 bits per heavy atom. The summed E-state index contributed by atoms with van der Waals surface area (Å²) in [6.07, 6.45) is 1.37. The minimum atomic E-state index is -1.13. The molecule has 0 atom stereocenters. The van der Waals surface area contributed by atoms with E-state index in [4.69, 9.17) is 5.11 Å². The SMILES string of the molecule is CC(C)(CCCO)CNC(=O)c1cccc(F)c1F. The Hall–Kier alpha value is -1.49. The highest BCUT2D eigenvalue weighted by Crippen LogP contribution is 2.21. The molecular weight excluding hydrogens is 252 g/mol. The number of hydrogen-bond acceptors (Lipinski definition) is 2. The largest absolute Gasteiger partial charge is 0.396 e. The second-order valence-electron chi connectivity index (χ2n) is 5.28. The minimum absolute atomic E-state index is 0.0932. The van der Waals surface area contributed by atoms with Crippen LogP contribution in [0.1, 0.15) is 37.0 Å². The molecule has 0 aliphatic rings. The van der Waals surface area contributed by atoms with Crippen LogP contribution in [0.15, 0.2) is 18.2 Å². The number of aliphatic hydroxyl groups is 1. The van der Waals surface area contributed by atoms with Crippen LogP contribution >= 0.6 is 0 Å². The third kappa shape index (κ3) is 4.59. The lowest BCUT2D eigenvalue weighted by atomic mass is 9.88. The molecule has 0 aliphatic heterocycles. The molecule has 1 aromatic carbocycles. The smallest absolute Gasteiger partial charge is 0.254 e. The van der Waals surface area contributed by atoms with E-state index in [9.17, 15) is 13.6 Å². The van der Waals surface area contributed by atoms with Gasteiger partial charge in [0.1, 0.15) is 0 Å². The lowest BCUT2D eigenvalue weighted by Crippen LogP contribution is -2.34. The van der Waals surface area contributed by atoms with E-state index in [1.165, 1.54) is 12.1 Å². The van der Waals surface area contributed by atoms with Crippen LogP contribution in [0.4, 0.5) is 8.78 Å². The highest BCUT2D eigenvalue weighted by molar-refractivity contribution is 5.94. The Morgan fingerprint density at radius 1 is 1.37 bits per heavy atom. The zero-order chi connectivity index (χ0) is 14.5. The van der Waals surface area contributed by atoms with Crippen molar-refractivity contribution in [3.63, 3.8) is 0 Å². The molecule has 2 N–H and O–H groups in total. The van der Waals surface area contributed by atoms with Crippen molar-refractivity contribution < 1.29 is 18.7 Å². The van der Waals surface area contributed by atoms with Gasteiger partial charge in [0.05, 0.1) is 5.56 Å². The summed E-state index contributed by atoms with van der Waals surface area (Å²) < 4.78 is 26.4. The average molecular weight is 271 g/mol. The molecule has 1 rings (SSSR count). The number of carbonyl (C=O) groups is 1. The fourth-order valence-corrected chi connectivity index (χ4v) is 1.74. The topological polar surface area (TPSA) is 49.3 Å². The molecule has 0 aliphatic carbocycles. The number of halogens is 2. The predicted octanol–water partition coefficient (Wildman–Crippen LogP) is 2.49. The molecule has 106 valence electrons. The molecule has 0 fully saturated rings. The van der Waals surface area contributed by atoms with E-state index >= 15 is 0 Å². The highest BCUT2D eigenvalue weighted by Gasteiger charge is 2.20. The summed E-state index contributed by atoms with van der Waals surface area (Å²) in [5, 5.41) is 11.4. The van der Waals surface area contributed by atoms with E-state index in [1.54, 1.807) is 0 Å². The van der Waals surface area contributed by atoms with Crippen molar-refractivity contribution >= 4 is 5.91 Å². The summed E-state index contributed by atoms with van der Waals surface area (Å²) in [5.74, 6) is -2.80. The molecule has 5 heteroatoms. The standard InChI is InChI=1S/C14H19F2NO2/c1-14(2,7-4-8-18)9-17-13(19)10-5-3-6-11(15)12(10)16/h3,5-6,18H,4,7-9H2,1-2H3,(H,17,19). The van der Waals surface area contributed by atoms with Gasteiger partial charge in [-0.2, -0.15) is 0 Å². The zero-order valence-corrected chi connectivity index (χ0v) is 11.2. The van der Waals surface area contributed by atoms with Gasteiger partial charge in [0.15, 0.2) is 11.6 Å². The molecule has 0 radical (unpaired) electrons. The molecule has 0 saturated carbocycles. The van der Waals surface area contributed by atoms with E-state index < -0.39 is 17.5 Å². The maximum Gasteiger partial charge on any atom is 0.254 e. The summed E-state index contributed by atoms with van der Waals surface area (Å²) in [5.41, 5.74) is -0.500. The van der Waals surface area contributed by atoms with Crippen LogP contribution in [-0.2, 0) is 0 Å². The molecule has 0 unspecified atom stereocenters. The maximum atomic E-state index is 13.4. The van der Waals surface area contributed by atoms with E-state index in [1.807, 2.05) is 13.8 Å². The first kappa shape index (κ1) is 15.6. The number of aliphatic hydroxyl groups excluding tert-OH is 1. The Morgan fingerprint density at radius 2 is 2.05 bits per heavy atom. The first-order valence-corrected chi connectivity index (χ1v) is 6.20. The lowest BCUT2D eigenvalue weighted by Gasteiger charge is -2.24. The molecule has 1 amide bonds. The summed E-state index contributed by atoms with van der Waals surface area (Å²) in [6, 6.07) is 3.51. The second-order valence-corrected chi connectivity index (χ2v) is 5.28. The van der Waals surface area contributed by atoms with Crippen LogP contribution in [0.25, 0.3) is 0 Å². The van der Waals surface area contributed by atoms with Crippen molar-refractivity contribution in [2.45, 2.75) is 26.7 Å². The molecule has 1 aromatic rings. The van der Waals surface area contributed by atoms with Crippen molar-refractivity contribution in [1.29, 1.82) is 0 Å². The number of hydrogen-bond donors (Lipinski definition) is 2. The summed E-state index contributed by atoms with van der Waals surface area (Å²) in [7, 11) is 0. The van der Waals surface area contributed by atoms with E-state index in [-0.39, 0.29) is 17.6 Å². The van der Waals surface area contributed by atoms with Gasteiger partial charge in [0.25, 0.3) is 5.91 Å². The number of amides is 1. The zero-order valence-electron chi connectivity index (χ0n) is 11.2. The fourth-order valence-electron chi connectivity index (χ4n) is 1.74. The summed E-state index contributed by atoms with van der Waals surface area (Å²) in [4.78, 5) is 11.8. The van der Waals surface area contributed by atoms with Crippen molar-refractivity contribution in [2.24, 2.45) is 5.41 Å². The normalized spacial score (nSPS) is 11.4. The monoisotopic (exact) mass is 271 g/mol. The summed E-state index contributed by atoms with van der Waals surface area (Å²) in [6.45, 7) is 4.30. The van der Waals surface area contributed by atoms with Gasteiger partial charge < -0.3 is 10.4 Å². The molecule has 0 aromatic heterocycles. The second kappa shape index (κ2) is 6.61. The number of nitrogens with one attached hydrogen (secondary N) is 1. The summed E-state index contributed by atoms with van der Waals surface area (Å²) >= 11 is 0. The van der Waals surface area contributed by atoms with Gasteiger partial charge in [0.2, 0.25) is 0 Å². The van der Waals surface area contributed by atoms with Crippen molar-refractivity contribution in [3.05, 3.63) is 35.4 Å². The molecular formula is C14H19F2NO2. The van der Waals surface area contributed by atoms with Crippen LogP contribution in [0.5, 0.6) is 0 Å². The Labute approximate surface area is 111 Å². The van der Waals surface area contributed by atoms with Gasteiger partial charge in [-0.05, 0) is 30.4 Å². The van der Waals surface area contributed by atoms with Crippen LogP contribution in [0, 0.1) is 17.0 Å². The van der Waals surface area contributed by atoms with E-state index in [2.05, 4.69) is 5.32 Å². The Kier molecular flexibility index (Phi) is 5.42. The number of benzene rings is 1. The Bertz CT molecular complexity index is 447. The van der Waals surface area contributed by atoms with Gasteiger partial charge in [-0.15, -0.1) is 0 Å². The van der Waals surface area contributed by atoms with Crippen molar-refractivity contribution in [1.82, 2.24) is 5.32 Å². The van der Waals surface area contributed by atoms with Crippen LogP contribution in [0.3, 0.4) is 0 Å². The quantitative estimate of drug-likeness (QED) is 0.835. The van der Waals surface area contributed by atoms with Gasteiger partial charge >= 0.3 is 0 Å². The minimum Gasteiger partial charge on any atom is -0.396 e. The lowest BCUT2D eigenvalue weighted by molar-refractivity contribution is 0.0928. The van der Waals surface area contributed by atoms with Gasteiger partial charge in [-0.3, -0.25) is 4.79 Å². The van der Waals surface area contributed by atoms with Crippen molar-refractivity contribution in [2.75, 3.05) is 13.2 Å². The number of rotatable bonds is 6. The van der Waals surface area contributed by atoms with Gasteiger partial charge in [0, 0.05) is 13.2 Å². The third-order valence-electron chi connectivity index (χ3n) is 2.94. The Balaban J connectivity index is 2.63. The first-order chi connectivity index (χ1) is 8.87. The van der Waals surface area contributed by atoms with Crippen LogP contribution in [0.2, 0.25) is 0 Å². The molecule has 0 spiro atoms. The van der Waals surface area contributed by atoms with Crippen LogP contribution < -0.4 is 5.32 Å². The predicted molar refractivity (Wildman–Crippen MR) is 68.8 cm³/mol. The highest BCUT2D eigenvalue weighted by atomic mass is 19.2. The first-order valence-electron chi connectivity index (χ1n) is 6.20. The molecule has 0 bridgehead atoms. The molecule has 0 heterocycles. The van der Waals surface area contributed by atoms with E-state index in [0.29, 0.717) is 13.0 Å². The average Bonchev–Trinajstić information content (AvgIpc) is 2.37. The molecule has 3 nitrogen and oxygen atoms in total. The van der Waals surface area contributed by atoms with Crippen LogP contribution in [-0.4, -0.2) is 24.2 Å².